The van der Waals surface area contributed by atoms with Crippen LogP contribution in [0.3, 0.4) is 0 Å². The number of benzene rings is 1. The predicted molar refractivity (Wildman–Crippen MR) is 102 cm³/mol. The van der Waals surface area contributed by atoms with Gasteiger partial charge in [0.15, 0.2) is 0 Å². The summed E-state index contributed by atoms with van der Waals surface area (Å²) in [6, 6.07) is 8.78. The van der Waals surface area contributed by atoms with Crippen molar-refractivity contribution < 1.29 is 13.2 Å². The molecule has 1 saturated heterocycles. The summed E-state index contributed by atoms with van der Waals surface area (Å²) in [6.45, 7) is 2.24. The Balaban J connectivity index is 1.58. The van der Waals surface area contributed by atoms with E-state index in [9.17, 15) is 13.2 Å². The van der Waals surface area contributed by atoms with Crippen LogP contribution >= 0.6 is 0 Å². The Morgan fingerprint density at radius 2 is 1.67 bits per heavy atom. The highest BCUT2D eigenvalue weighted by Gasteiger charge is 2.28. The standard InChI is InChI=1S/C20H23N3O3S/c24-20(17-6-9-21-10-7-17)22-13-8-16-4-5-19(14-18(16)15-22)27(25,26)23-11-2-1-3-12-23/h4-7,9-10,14H,1-3,8,11-13,15H2. The first-order valence-electron chi connectivity index (χ1n) is 9.37. The predicted octanol–water partition coefficient (Wildman–Crippen LogP) is 2.45. The summed E-state index contributed by atoms with van der Waals surface area (Å²) in [4.78, 5) is 18.8. The van der Waals surface area contributed by atoms with Crippen LogP contribution in [0.15, 0.2) is 47.6 Å². The number of hydrogen-bond donors (Lipinski definition) is 0. The number of pyridine rings is 1. The molecule has 27 heavy (non-hydrogen) atoms. The number of piperidine rings is 1. The van der Waals surface area contributed by atoms with Crippen LogP contribution in [-0.2, 0) is 23.0 Å². The highest BCUT2D eigenvalue weighted by atomic mass is 32.2. The number of carbonyl (C=O) groups excluding carboxylic acids is 1. The Morgan fingerprint density at radius 1 is 0.926 bits per heavy atom. The summed E-state index contributed by atoms with van der Waals surface area (Å²) in [7, 11) is -3.46. The summed E-state index contributed by atoms with van der Waals surface area (Å²) in [5.74, 6) is -0.0488. The number of carbonyl (C=O) groups is 1. The maximum atomic E-state index is 12.9. The molecule has 6 nitrogen and oxygen atoms in total. The zero-order valence-corrected chi connectivity index (χ0v) is 16.0. The van der Waals surface area contributed by atoms with Crippen LogP contribution in [0.2, 0.25) is 0 Å². The molecule has 0 saturated carbocycles. The fourth-order valence-electron chi connectivity index (χ4n) is 3.80. The van der Waals surface area contributed by atoms with Gasteiger partial charge < -0.3 is 4.90 Å². The van der Waals surface area contributed by atoms with E-state index in [1.165, 1.54) is 0 Å². The molecule has 0 radical (unpaired) electrons. The molecule has 1 aromatic heterocycles. The van der Waals surface area contributed by atoms with E-state index < -0.39 is 10.0 Å². The highest BCUT2D eigenvalue weighted by Crippen LogP contribution is 2.26. The lowest BCUT2D eigenvalue weighted by molar-refractivity contribution is 0.0734. The second kappa shape index (κ2) is 7.40. The van der Waals surface area contributed by atoms with Gasteiger partial charge >= 0.3 is 0 Å². The van der Waals surface area contributed by atoms with Crippen LogP contribution in [0.4, 0.5) is 0 Å². The van der Waals surface area contributed by atoms with Crippen LogP contribution in [0.5, 0.6) is 0 Å². The Hall–Kier alpha value is -2.25. The summed E-state index contributed by atoms with van der Waals surface area (Å²) < 4.78 is 27.5. The number of nitrogens with zero attached hydrogens (tertiary/aromatic N) is 3. The maximum absolute atomic E-state index is 12.9. The van der Waals surface area contributed by atoms with Crippen molar-refractivity contribution in [3.05, 3.63) is 59.4 Å². The van der Waals surface area contributed by atoms with Crippen molar-refractivity contribution in [2.45, 2.75) is 37.1 Å². The molecule has 0 unspecified atom stereocenters. The normalized spacial score (nSPS) is 18.1. The summed E-state index contributed by atoms with van der Waals surface area (Å²) in [5, 5.41) is 0. The van der Waals surface area contributed by atoms with Crippen LogP contribution in [0.1, 0.15) is 40.7 Å². The van der Waals surface area contributed by atoms with Gasteiger partial charge in [0, 0.05) is 44.1 Å². The first-order valence-corrected chi connectivity index (χ1v) is 10.8. The molecule has 0 aliphatic carbocycles. The SMILES string of the molecule is O=C(c1ccncc1)N1CCc2ccc(S(=O)(=O)N3CCCCC3)cc2C1. The minimum Gasteiger partial charge on any atom is -0.334 e. The van der Waals surface area contributed by atoms with Crippen molar-refractivity contribution in [2.75, 3.05) is 19.6 Å². The van der Waals surface area contributed by atoms with Crippen molar-refractivity contribution in [3.63, 3.8) is 0 Å². The number of sulfonamides is 1. The van der Waals surface area contributed by atoms with E-state index in [0.29, 0.717) is 36.6 Å². The molecule has 4 rings (SSSR count). The molecule has 0 spiro atoms. The molecule has 2 aliphatic rings. The molecule has 1 aromatic carbocycles. The summed E-state index contributed by atoms with van der Waals surface area (Å²) in [5.41, 5.74) is 2.64. The lowest BCUT2D eigenvalue weighted by Gasteiger charge is -2.30. The maximum Gasteiger partial charge on any atom is 0.254 e. The van der Waals surface area contributed by atoms with E-state index in [-0.39, 0.29) is 5.91 Å². The van der Waals surface area contributed by atoms with Gasteiger partial charge in [-0.05, 0) is 54.7 Å². The number of aromatic nitrogens is 1. The third kappa shape index (κ3) is 3.61. The van der Waals surface area contributed by atoms with Crippen molar-refractivity contribution >= 4 is 15.9 Å². The van der Waals surface area contributed by atoms with Crippen LogP contribution in [-0.4, -0.2) is 48.1 Å². The molecule has 0 bridgehead atoms. The molecule has 3 heterocycles. The molecule has 0 N–H and O–H groups in total. The van der Waals surface area contributed by atoms with Crippen LogP contribution in [0.25, 0.3) is 0 Å². The summed E-state index contributed by atoms with van der Waals surface area (Å²) >= 11 is 0. The van der Waals surface area contributed by atoms with Gasteiger partial charge in [0.25, 0.3) is 5.91 Å². The van der Waals surface area contributed by atoms with Crippen molar-refractivity contribution in [1.82, 2.24) is 14.2 Å². The molecular weight excluding hydrogens is 362 g/mol. The van der Waals surface area contributed by atoms with Crippen LogP contribution < -0.4 is 0 Å². The zero-order valence-electron chi connectivity index (χ0n) is 15.2. The Labute approximate surface area is 159 Å². The quantitative estimate of drug-likeness (QED) is 0.814. The van der Waals surface area contributed by atoms with E-state index in [4.69, 9.17) is 0 Å². The number of hydrogen-bond acceptors (Lipinski definition) is 4. The second-order valence-corrected chi connectivity index (χ2v) is 9.05. The molecule has 7 heteroatoms. The third-order valence-electron chi connectivity index (χ3n) is 5.36. The Morgan fingerprint density at radius 3 is 2.41 bits per heavy atom. The minimum atomic E-state index is -3.46. The average Bonchev–Trinajstić information content (AvgIpc) is 2.73. The smallest absolute Gasteiger partial charge is 0.254 e. The topological polar surface area (TPSA) is 70.6 Å². The first kappa shape index (κ1) is 18.1. The number of fused-ring (bicyclic) bond motifs is 1. The molecule has 2 aromatic rings. The molecule has 0 atom stereocenters. The van der Waals surface area contributed by atoms with E-state index in [0.717, 1.165) is 36.8 Å². The molecule has 142 valence electrons. The van der Waals surface area contributed by atoms with Crippen LogP contribution in [0, 0.1) is 0 Å². The van der Waals surface area contributed by atoms with E-state index in [1.807, 2.05) is 6.07 Å². The number of rotatable bonds is 3. The fraction of sp³-hybridized carbons (Fsp3) is 0.400. The van der Waals surface area contributed by atoms with Crippen molar-refractivity contribution in [2.24, 2.45) is 0 Å². The fourth-order valence-corrected chi connectivity index (χ4v) is 5.37. The largest absolute Gasteiger partial charge is 0.334 e. The Bertz CT molecular complexity index is 938. The van der Waals surface area contributed by atoms with Gasteiger partial charge in [0.05, 0.1) is 4.90 Å². The summed E-state index contributed by atoms with van der Waals surface area (Å²) in [6.07, 6.45) is 6.86. The van der Waals surface area contributed by atoms with Gasteiger partial charge in [0.1, 0.15) is 0 Å². The third-order valence-corrected chi connectivity index (χ3v) is 7.25. The minimum absolute atomic E-state index is 0.0488. The van der Waals surface area contributed by atoms with Gasteiger partial charge in [-0.1, -0.05) is 12.5 Å². The lowest BCUT2D eigenvalue weighted by Crippen LogP contribution is -2.37. The molecule has 1 fully saturated rings. The molecule has 1 amide bonds. The Kier molecular flexibility index (Phi) is 4.97. The van der Waals surface area contributed by atoms with Gasteiger partial charge in [0.2, 0.25) is 10.0 Å². The van der Waals surface area contributed by atoms with Gasteiger partial charge in [-0.15, -0.1) is 0 Å². The van der Waals surface area contributed by atoms with Gasteiger partial charge in [-0.25, -0.2) is 8.42 Å². The lowest BCUT2D eigenvalue weighted by atomic mass is 9.99. The monoisotopic (exact) mass is 385 g/mol. The first-order chi connectivity index (χ1) is 13.1. The van der Waals surface area contributed by atoms with E-state index in [2.05, 4.69) is 4.98 Å². The second-order valence-electron chi connectivity index (χ2n) is 7.11. The van der Waals surface area contributed by atoms with Crippen molar-refractivity contribution in [1.29, 1.82) is 0 Å². The average molecular weight is 385 g/mol. The van der Waals surface area contributed by atoms with E-state index in [1.54, 1.807) is 45.9 Å². The highest BCUT2D eigenvalue weighted by molar-refractivity contribution is 7.89. The van der Waals surface area contributed by atoms with Gasteiger partial charge in [-0.2, -0.15) is 4.31 Å². The molecular formula is C20H23N3O3S. The molecule has 2 aliphatic heterocycles. The van der Waals surface area contributed by atoms with E-state index >= 15 is 0 Å². The number of amides is 1. The zero-order chi connectivity index (χ0) is 18.9. The van der Waals surface area contributed by atoms with Crippen molar-refractivity contribution in [3.8, 4) is 0 Å². The van der Waals surface area contributed by atoms with Gasteiger partial charge in [-0.3, -0.25) is 9.78 Å².